The highest BCUT2D eigenvalue weighted by atomic mass is 16.5. The summed E-state index contributed by atoms with van der Waals surface area (Å²) in [7, 11) is 1.64. The van der Waals surface area contributed by atoms with E-state index in [1.165, 1.54) is 0 Å². The van der Waals surface area contributed by atoms with Crippen molar-refractivity contribution in [2.45, 2.75) is 38.3 Å². The van der Waals surface area contributed by atoms with Crippen molar-refractivity contribution in [1.82, 2.24) is 14.8 Å². The zero-order valence-corrected chi connectivity index (χ0v) is 13.2. The lowest BCUT2D eigenvalue weighted by molar-refractivity contribution is -0.134. The average Bonchev–Trinajstić information content (AvgIpc) is 3.25. The van der Waals surface area contributed by atoms with Crippen LogP contribution in [0.4, 0.5) is 0 Å². The Labute approximate surface area is 130 Å². The summed E-state index contributed by atoms with van der Waals surface area (Å²) in [5, 5.41) is 0. The highest BCUT2D eigenvalue weighted by molar-refractivity contribution is 5.99. The van der Waals surface area contributed by atoms with Crippen molar-refractivity contribution in [3.63, 3.8) is 0 Å². The van der Waals surface area contributed by atoms with E-state index in [4.69, 9.17) is 4.74 Å². The third-order valence-electron chi connectivity index (χ3n) is 4.74. The molecule has 2 aliphatic rings. The molecule has 6 nitrogen and oxygen atoms in total. The third-order valence-corrected chi connectivity index (χ3v) is 4.74. The first kappa shape index (κ1) is 15.1. The number of hydrogen-bond donors (Lipinski definition) is 1. The maximum absolute atomic E-state index is 12.8. The first-order valence-electron chi connectivity index (χ1n) is 7.87. The number of hydrogen-bond acceptors (Lipinski definition) is 3. The van der Waals surface area contributed by atoms with Crippen molar-refractivity contribution >= 4 is 11.8 Å². The lowest BCUT2D eigenvalue weighted by Gasteiger charge is -2.27. The Kier molecular flexibility index (Phi) is 4.20. The van der Waals surface area contributed by atoms with Crippen molar-refractivity contribution in [3.8, 4) is 0 Å². The molecule has 0 aliphatic carbocycles. The van der Waals surface area contributed by atoms with Crippen molar-refractivity contribution < 1.29 is 14.3 Å². The standard InChI is InChI=1S/C16H23N3O3/c1-11-8-17-9-13(11)15(20)19-10-12(22-2)7-14(19)16(21)18-5-3-4-6-18/h8-9,12,14,17H,3-7,10H2,1-2H3/t12-,14-/m0/s1. The Morgan fingerprint density at radius 3 is 2.59 bits per heavy atom. The van der Waals surface area contributed by atoms with Crippen LogP contribution in [-0.4, -0.2) is 65.5 Å². The van der Waals surface area contributed by atoms with E-state index in [2.05, 4.69) is 4.98 Å². The maximum Gasteiger partial charge on any atom is 0.256 e. The second-order valence-electron chi connectivity index (χ2n) is 6.15. The molecule has 1 N–H and O–H groups in total. The van der Waals surface area contributed by atoms with Crippen LogP contribution in [-0.2, 0) is 9.53 Å². The van der Waals surface area contributed by atoms with Crippen LogP contribution in [0.1, 0.15) is 35.2 Å². The van der Waals surface area contributed by atoms with Gasteiger partial charge in [-0.25, -0.2) is 0 Å². The minimum atomic E-state index is -0.398. The molecule has 2 saturated heterocycles. The van der Waals surface area contributed by atoms with Crippen LogP contribution in [0.15, 0.2) is 12.4 Å². The second kappa shape index (κ2) is 6.12. The van der Waals surface area contributed by atoms with Gasteiger partial charge in [-0.05, 0) is 25.3 Å². The Bertz CT molecular complexity index is 563. The Morgan fingerprint density at radius 1 is 1.27 bits per heavy atom. The van der Waals surface area contributed by atoms with Gasteiger partial charge in [0.1, 0.15) is 6.04 Å². The zero-order valence-electron chi connectivity index (χ0n) is 13.2. The normalized spacial score (nSPS) is 25.0. The molecule has 1 aromatic rings. The fraction of sp³-hybridized carbons (Fsp3) is 0.625. The van der Waals surface area contributed by atoms with E-state index >= 15 is 0 Å². The van der Waals surface area contributed by atoms with Crippen LogP contribution in [0, 0.1) is 6.92 Å². The monoisotopic (exact) mass is 305 g/mol. The van der Waals surface area contributed by atoms with Gasteiger partial charge in [0.25, 0.3) is 5.91 Å². The summed E-state index contributed by atoms with van der Waals surface area (Å²) in [5.41, 5.74) is 1.54. The summed E-state index contributed by atoms with van der Waals surface area (Å²) in [5.74, 6) is -0.0190. The third kappa shape index (κ3) is 2.63. The van der Waals surface area contributed by atoms with Crippen molar-refractivity contribution in [1.29, 1.82) is 0 Å². The minimum Gasteiger partial charge on any atom is -0.380 e. The topological polar surface area (TPSA) is 65.6 Å². The fourth-order valence-corrected chi connectivity index (χ4v) is 3.40. The molecule has 0 radical (unpaired) electrons. The number of methoxy groups -OCH3 is 1. The van der Waals surface area contributed by atoms with E-state index in [0.717, 1.165) is 31.5 Å². The SMILES string of the molecule is CO[C@H]1C[C@@H](C(=O)N2CCCC2)N(C(=O)c2c[nH]cc2C)C1. The predicted molar refractivity (Wildman–Crippen MR) is 81.6 cm³/mol. The quantitative estimate of drug-likeness (QED) is 0.912. The summed E-state index contributed by atoms with van der Waals surface area (Å²) in [6, 6.07) is -0.398. The summed E-state index contributed by atoms with van der Waals surface area (Å²) in [6.45, 7) is 3.98. The predicted octanol–water partition coefficient (Wildman–Crippen LogP) is 1.18. The number of H-pyrrole nitrogens is 1. The van der Waals surface area contributed by atoms with E-state index in [1.807, 2.05) is 11.8 Å². The number of likely N-dealkylation sites (tertiary alicyclic amines) is 2. The number of amides is 2. The molecule has 0 spiro atoms. The van der Waals surface area contributed by atoms with Gasteiger partial charge in [-0.15, -0.1) is 0 Å². The molecule has 1 aromatic heterocycles. The highest BCUT2D eigenvalue weighted by Crippen LogP contribution is 2.26. The van der Waals surface area contributed by atoms with Crippen LogP contribution >= 0.6 is 0 Å². The van der Waals surface area contributed by atoms with E-state index in [9.17, 15) is 9.59 Å². The summed E-state index contributed by atoms with van der Waals surface area (Å²) < 4.78 is 5.41. The van der Waals surface area contributed by atoms with Crippen LogP contribution in [0.3, 0.4) is 0 Å². The maximum atomic E-state index is 12.8. The van der Waals surface area contributed by atoms with Crippen LogP contribution in [0.5, 0.6) is 0 Å². The molecule has 0 aromatic carbocycles. The molecular formula is C16H23N3O3. The molecule has 2 amide bonds. The van der Waals surface area contributed by atoms with E-state index in [1.54, 1.807) is 24.4 Å². The number of ether oxygens (including phenoxy) is 1. The van der Waals surface area contributed by atoms with Gasteiger partial charge in [-0.1, -0.05) is 0 Å². The Morgan fingerprint density at radius 2 is 2.00 bits per heavy atom. The number of carbonyl (C=O) groups excluding carboxylic acids is 2. The van der Waals surface area contributed by atoms with Gasteiger partial charge in [-0.3, -0.25) is 9.59 Å². The molecule has 2 fully saturated rings. The first-order valence-corrected chi connectivity index (χ1v) is 7.87. The molecule has 120 valence electrons. The summed E-state index contributed by atoms with van der Waals surface area (Å²) in [6.07, 6.45) is 6.12. The molecule has 0 bridgehead atoms. The van der Waals surface area contributed by atoms with Gasteiger partial charge in [-0.2, -0.15) is 0 Å². The van der Waals surface area contributed by atoms with Crippen molar-refractivity contribution in [2.75, 3.05) is 26.7 Å². The highest BCUT2D eigenvalue weighted by Gasteiger charge is 2.42. The smallest absolute Gasteiger partial charge is 0.256 e. The van der Waals surface area contributed by atoms with Gasteiger partial charge in [0.2, 0.25) is 5.91 Å². The largest absolute Gasteiger partial charge is 0.380 e. The summed E-state index contributed by atoms with van der Waals surface area (Å²) in [4.78, 5) is 32.1. The number of aryl methyl sites for hydroxylation is 1. The van der Waals surface area contributed by atoms with Gasteiger partial charge in [0.15, 0.2) is 0 Å². The molecule has 3 heterocycles. The summed E-state index contributed by atoms with van der Waals surface area (Å²) >= 11 is 0. The molecule has 2 aliphatic heterocycles. The van der Waals surface area contributed by atoms with Gasteiger partial charge >= 0.3 is 0 Å². The number of nitrogens with zero attached hydrogens (tertiary/aromatic N) is 2. The molecule has 0 saturated carbocycles. The van der Waals surface area contributed by atoms with Crippen LogP contribution < -0.4 is 0 Å². The van der Waals surface area contributed by atoms with Crippen molar-refractivity contribution in [2.24, 2.45) is 0 Å². The lowest BCUT2D eigenvalue weighted by Crippen LogP contribution is -2.47. The number of aromatic amines is 1. The Hall–Kier alpha value is -1.82. The van der Waals surface area contributed by atoms with Gasteiger partial charge in [0.05, 0.1) is 11.7 Å². The number of aromatic nitrogens is 1. The first-order chi connectivity index (χ1) is 10.6. The number of carbonyl (C=O) groups is 2. The molecule has 0 unspecified atom stereocenters. The molecule has 3 rings (SSSR count). The van der Waals surface area contributed by atoms with E-state index < -0.39 is 6.04 Å². The van der Waals surface area contributed by atoms with E-state index in [0.29, 0.717) is 18.5 Å². The molecular weight excluding hydrogens is 282 g/mol. The average molecular weight is 305 g/mol. The second-order valence-corrected chi connectivity index (χ2v) is 6.15. The van der Waals surface area contributed by atoms with Crippen LogP contribution in [0.2, 0.25) is 0 Å². The fourth-order valence-electron chi connectivity index (χ4n) is 3.40. The molecule has 2 atom stereocenters. The Balaban J connectivity index is 1.81. The lowest BCUT2D eigenvalue weighted by atomic mass is 10.1. The minimum absolute atomic E-state index is 0.0681. The van der Waals surface area contributed by atoms with E-state index in [-0.39, 0.29) is 17.9 Å². The van der Waals surface area contributed by atoms with Gasteiger partial charge < -0.3 is 19.5 Å². The number of nitrogens with one attached hydrogen (secondary N) is 1. The van der Waals surface area contributed by atoms with Crippen LogP contribution in [0.25, 0.3) is 0 Å². The molecule has 6 heteroatoms. The zero-order chi connectivity index (χ0) is 15.7. The molecule has 22 heavy (non-hydrogen) atoms. The van der Waals surface area contributed by atoms with Crippen molar-refractivity contribution in [3.05, 3.63) is 23.5 Å². The van der Waals surface area contributed by atoms with Gasteiger partial charge in [0, 0.05) is 45.6 Å². The number of rotatable bonds is 3.